The van der Waals surface area contributed by atoms with Crippen molar-refractivity contribution < 1.29 is 56.9 Å². The molecule has 0 amide bonds. The molecule has 4 rings (SSSR count). The molecule has 0 bridgehead atoms. The highest BCUT2D eigenvalue weighted by Crippen LogP contribution is 2.67. The third-order valence-electron chi connectivity index (χ3n) is 13.1. The molecular weight excluding hydrogens is 630 g/mol. The number of hydrogen-bond donors (Lipinski definition) is 0. The first-order valence-corrected chi connectivity index (χ1v) is 14.3. The summed E-state index contributed by atoms with van der Waals surface area (Å²) in [5, 5.41) is 0. The number of fused-ring (bicyclic) bond motifs is 5. The molecule has 0 aromatic heterocycles. The van der Waals surface area contributed by atoms with E-state index < -0.39 is 0 Å². The first-order chi connectivity index (χ1) is 14.6. The molecule has 3 unspecified atom stereocenters. The van der Waals surface area contributed by atoms with Gasteiger partial charge in [0, 0.05) is 18.3 Å². The van der Waals surface area contributed by atoms with E-state index in [4.69, 9.17) is 0 Å². The lowest BCUT2D eigenvalue weighted by Crippen LogP contribution is -3.00. The van der Waals surface area contributed by atoms with Crippen molar-refractivity contribution >= 4 is 0 Å². The smallest absolute Gasteiger partial charge is 0.0945 e. The lowest BCUT2D eigenvalue weighted by atomic mass is 9.44. The average molecular weight is 687 g/mol. The summed E-state index contributed by atoms with van der Waals surface area (Å²) in [6, 6.07) is 1.82. The fraction of sp³-hybridized carbons (Fsp3) is 1.00. The largest absolute Gasteiger partial charge is 1.00 e. The van der Waals surface area contributed by atoms with Gasteiger partial charge in [-0.05, 0) is 102 Å². The van der Waals surface area contributed by atoms with Gasteiger partial charge in [0.2, 0.25) is 0 Å². The fourth-order valence-corrected chi connectivity index (χ4v) is 10.2. The predicted octanol–water partition coefficient (Wildman–Crippen LogP) is 0.747. The summed E-state index contributed by atoms with van der Waals surface area (Å²) in [6.45, 7) is 20.5. The van der Waals surface area contributed by atoms with E-state index in [1.54, 1.807) is 6.42 Å². The molecule has 0 radical (unpaired) electrons. The molecule has 33 heavy (non-hydrogen) atoms. The normalized spacial score (nSPS) is 42.9. The third-order valence-corrected chi connectivity index (χ3v) is 13.1. The van der Waals surface area contributed by atoms with Crippen LogP contribution in [0.3, 0.4) is 0 Å². The highest BCUT2D eigenvalue weighted by Gasteiger charge is 2.63. The molecule has 4 fully saturated rings. The Bertz CT molecular complexity index is 646. The Morgan fingerprint density at radius 2 is 1.18 bits per heavy atom. The standard InChI is InChI=1S/C29H56N2.2HI/c1-9-30(7,10-2)23-17-19-28(5)22(21-23)13-14-24-25-15-16-27(31(8,11-3)12-4)29(25,6)20-18-26(24)28;;/h22-27H,9-21H2,1-8H3;2*1H/q+2;;/p-2/t22?,23-,24+,25?,26?,27-,28+,29+;;/m1../s1. The zero-order valence-electron chi connectivity index (χ0n) is 23.3. The van der Waals surface area contributed by atoms with Crippen LogP contribution in [0.25, 0.3) is 0 Å². The van der Waals surface area contributed by atoms with Crippen LogP contribution in [0.2, 0.25) is 0 Å². The van der Waals surface area contributed by atoms with Gasteiger partial charge in [0.15, 0.2) is 0 Å². The van der Waals surface area contributed by atoms with Crippen LogP contribution in [0.4, 0.5) is 0 Å². The molecule has 2 nitrogen and oxygen atoms in total. The molecule has 0 aromatic carbocycles. The first-order valence-electron chi connectivity index (χ1n) is 14.3. The second kappa shape index (κ2) is 11.0. The van der Waals surface area contributed by atoms with Gasteiger partial charge < -0.3 is 56.9 Å². The molecular formula is C29H56I2N2. The molecule has 0 saturated heterocycles. The fourth-order valence-electron chi connectivity index (χ4n) is 10.2. The maximum atomic E-state index is 2.76. The zero-order valence-corrected chi connectivity index (χ0v) is 27.6. The molecule has 0 spiro atoms. The van der Waals surface area contributed by atoms with Crippen molar-refractivity contribution in [3.8, 4) is 0 Å². The molecule has 8 atom stereocenters. The number of nitrogens with zero attached hydrogens (tertiary/aromatic N) is 2. The van der Waals surface area contributed by atoms with Gasteiger partial charge in [0.25, 0.3) is 0 Å². The molecule has 4 aliphatic carbocycles. The summed E-state index contributed by atoms with van der Waals surface area (Å²) < 4.78 is 2.63. The minimum Gasteiger partial charge on any atom is -1.00 e. The Morgan fingerprint density at radius 3 is 1.76 bits per heavy atom. The quantitative estimate of drug-likeness (QED) is 0.286. The molecule has 0 aliphatic heterocycles. The van der Waals surface area contributed by atoms with Crippen LogP contribution < -0.4 is 48.0 Å². The molecule has 4 heteroatoms. The van der Waals surface area contributed by atoms with E-state index in [1.807, 2.05) is 0 Å². The van der Waals surface area contributed by atoms with Gasteiger partial charge in [-0.3, -0.25) is 0 Å². The predicted molar refractivity (Wildman–Crippen MR) is 134 cm³/mol. The van der Waals surface area contributed by atoms with Crippen molar-refractivity contribution in [1.29, 1.82) is 0 Å². The second-order valence-corrected chi connectivity index (χ2v) is 13.4. The summed E-state index contributed by atoms with van der Waals surface area (Å²) >= 11 is 0. The summed E-state index contributed by atoms with van der Waals surface area (Å²) in [6.07, 6.45) is 13.7. The van der Waals surface area contributed by atoms with E-state index in [0.29, 0.717) is 10.8 Å². The van der Waals surface area contributed by atoms with E-state index in [9.17, 15) is 0 Å². The van der Waals surface area contributed by atoms with Crippen LogP contribution in [0.15, 0.2) is 0 Å². The van der Waals surface area contributed by atoms with Crippen LogP contribution in [0.5, 0.6) is 0 Å². The second-order valence-electron chi connectivity index (χ2n) is 13.4. The van der Waals surface area contributed by atoms with Crippen LogP contribution in [0, 0.1) is 34.5 Å². The molecule has 4 saturated carbocycles. The van der Waals surface area contributed by atoms with Crippen LogP contribution in [-0.4, -0.2) is 61.3 Å². The third kappa shape index (κ3) is 4.73. The Labute approximate surface area is 241 Å². The highest BCUT2D eigenvalue weighted by molar-refractivity contribution is 5.10. The minimum atomic E-state index is 0. The van der Waals surface area contributed by atoms with Gasteiger partial charge in [0.05, 0.1) is 52.4 Å². The first kappa shape index (κ1) is 30.6. The van der Waals surface area contributed by atoms with E-state index in [0.717, 1.165) is 35.8 Å². The minimum absolute atomic E-state index is 0. The van der Waals surface area contributed by atoms with E-state index in [1.165, 1.54) is 86.5 Å². The SMILES string of the molecule is CC[N+](C)(CC)[C@@H]1CC[C@@]2(C)C(CC[C@@H]3C2CC[C@@]2(C)C3CC[C@H]2[N+](C)(CC)CC)C1.[I-].[I-]. The van der Waals surface area contributed by atoms with Crippen molar-refractivity contribution in [2.75, 3.05) is 40.3 Å². The van der Waals surface area contributed by atoms with Crippen molar-refractivity contribution in [3.63, 3.8) is 0 Å². The Hall–Kier alpha value is 1.38. The van der Waals surface area contributed by atoms with E-state index >= 15 is 0 Å². The van der Waals surface area contributed by atoms with Crippen molar-refractivity contribution in [2.45, 2.75) is 111 Å². The highest BCUT2D eigenvalue weighted by atomic mass is 127. The Balaban J connectivity index is 0.00000193. The lowest BCUT2D eigenvalue weighted by Gasteiger charge is -2.62. The van der Waals surface area contributed by atoms with Crippen LogP contribution in [-0.2, 0) is 0 Å². The van der Waals surface area contributed by atoms with Crippen LogP contribution >= 0.6 is 0 Å². The topological polar surface area (TPSA) is 0 Å². The monoisotopic (exact) mass is 686 g/mol. The summed E-state index contributed by atoms with van der Waals surface area (Å²) in [5.41, 5.74) is 1.24. The van der Waals surface area contributed by atoms with Crippen molar-refractivity contribution in [3.05, 3.63) is 0 Å². The Kier molecular flexibility index (Phi) is 10.2. The maximum absolute atomic E-state index is 2.76. The summed E-state index contributed by atoms with van der Waals surface area (Å²) in [5.74, 6) is 4.06. The van der Waals surface area contributed by atoms with Gasteiger partial charge in [-0.1, -0.05) is 13.8 Å². The number of quaternary nitrogens is 2. The Morgan fingerprint density at radius 1 is 0.636 bits per heavy atom. The molecule has 0 N–H and O–H groups in total. The summed E-state index contributed by atoms with van der Waals surface area (Å²) in [7, 11) is 5.11. The van der Waals surface area contributed by atoms with Gasteiger partial charge in [-0.15, -0.1) is 0 Å². The number of rotatable bonds is 6. The molecule has 4 aliphatic rings. The van der Waals surface area contributed by atoms with E-state index in [-0.39, 0.29) is 48.0 Å². The van der Waals surface area contributed by atoms with Crippen molar-refractivity contribution in [2.24, 2.45) is 34.5 Å². The molecule has 0 heterocycles. The van der Waals surface area contributed by atoms with Gasteiger partial charge in [0.1, 0.15) is 0 Å². The molecule has 196 valence electrons. The number of hydrogen-bond acceptors (Lipinski definition) is 0. The summed E-state index contributed by atoms with van der Waals surface area (Å²) in [4.78, 5) is 0. The van der Waals surface area contributed by atoms with Gasteiger partial charge >= 0.3 is 0 Å². The van der Waals surface area contributed by atoms with E-state index in [2.05, 4.69) is 55.6 Å². The maximum Gasteiger partial charge on any atom is 0.0945 e. The lowest BCUT2D eigenvalue weighted by molar-refractivity contribution is -0.936. The number of halogens is 2. The van der Waals surface area contributed by atoms with Gasteiger partial charge in [-0.2, -0.15) is 0 Å². The van der Waals surface area contributed by atoms with Crippen molar-refractivity contribution in [1.82, 2.24) is 0 Å². The molecule has 0 aromatic rings. The average Bonchev–Trinajstić information content (AvgIpc) is 3.15. The zero-order chi connectivity index (χ0) is 22.7. The van der Waals surface area contributed by atoms with Gasteiger partial charge in [-0.25, -0.2) is 0 Å². The van der Waals surface area contributed by atoms with Crippen LogP contribution in [0.1, 0.15) is 99.3 Å².